The number of methoxy groups -OCH3 is 1. The molecule has 19 heavy (non-hydrogen) atoms. The molecule has 0 radical (unpaired) electrons. The first-order valence-electron chi connectivity index (χ1n) is 6.62. The van der Waals surface area contributed by atoms with Gasteiger partial charge in [0.25, 0.3) is 0 Å². The molecule has 0 fully saturated rings. The van der Waals surface area contributed by atoms with E-state index in [9.17, 15) is 4.39 Å². The van der Waals surface area contributed by atoms with Gasteiger partial charge in [-0.05, 0) is 46.2 Å². The van der Waals surface area contributed by atoms with Crippen LogP contribution < -0.4 is 10.1 Å². The summed E-state index contributed by atoms with van der Waals surface area (Å²) in [7, 11) is 1.70. The highest BCUT2D eigenvalue weighted by Gasteiger charge is 2.20. The van der Waals surface area contributed by atoms with E-state index in [0.717, 1.165) is 12.1 Å². The Morgan fingerprint density at radius 2 is 2.05 bits per heavy atom. The molecule has 3 nitrogen and oxygen atoms in total. The standard InChI is InChI=1S/C15H24FNO2/c1-6-19-14-8-7-12(9-13(14)16)17-11(2)10-15(3,4)18-5/h7-9,11,17H,6,10H2,1-5H3. The quantitative estimate of drug-likeness (QED) is 0.815. The van der Waals surface area contributed by atoms with Gasteiger partial charge >= 0.3 is 0 Å². The molecule has 0 saturated heterocycles. The Morgan fingerprint density at radius 3 is 2.58 bits per heavy atom. The molecule has 0 bridgehead atoms. The molecule has 0 saturated carbocycles. The van der Waals surface area contributed by atoms with Crippen molar-refractivity contribution in [3.8, 4) is 5.75 Å². The average molecular weight is 269 g/mol. The Morgan fingerprint density at radius 1 is 1.37 bits per heavy atom. The van der Waals surface area contributed by atoms with Crippen molar-refractivity contribution >= 4 is 5.69 Å². The first kappa shape index (κ1) is 15.8. The largest absolute Gasteiger partial charge is 0.491 e. The second kappa shape index (κ2) is 6.75. The van der Waals surface area contributed by atoms with Gasteiger partial charge in [-0.25, -0.2) is 4.39 Å². The van der Waals surface area contributed by atoms with Crippen molar-refractivity contribution < 1.29 is 13.9 Å². The van der Waals surface area contributed by atoms with Gasteiger partial charge in [0.2, 0.25) is 0 Å². The lowest BCUT2D eigenvalue weighted by Crippen LogP contribution is -2.31. The summed E-state index contributed by atoms with van der Waals surface area (Å²) in [6, 6.07) is 5.12. The van der Waals surface area contributed by atoms with E-state index in [1.54, 1.807) is 13.2 Å². The minimum Gasteiger partial charge on any atom is -0.491 e. The smallest absolute Gasteiger partial charge is 0.167 e. The molecule has 0 aliphatic heterocycles. The minimum absolute atomic E-state index is 0.187. The van der Waals surface area contributed by atoms with Crippen molar-refractivity contribution in [1.29, 1.82) is 0 Å². The molecule has 0 aliphatic rings. The van der Waals surface area contributed by atoms with Crippen LogP contribution in [0, 0.1) is 5.82 Å². The van der Waals surface area contributed by atoms with Crippen LogP contribution in [0.2, 0.25) is 0 Å². The zero-order chi connectivity index (χ0) is 14.5. The number of nitrogens with one attached hydrogen (secondary N) is 1. The molecule has 0 aliphatic carbocycles. The van der Waals surface area contributed by atoms with E-state index in [0.29, 0.717) is 6.61 Å². The predicted octanol–water partition coefficient (Wildman–Crippen LogP) is 3.84. The fraction of sp³-hybridized carbons (Fsp3) is 0.600. The van der Waals surface area contributed by atoms with E-state index in [1.807, 2.05) is 26.8 Å². The van der Waals surface area contributed by atoms with Crippen LogP contribution in [0.5, 0.6) is 5.75 Å². The Bertz CT molecular complexity index is 407. The first-order chi connectivity index (χ1) is 8.88. The fourth-order valence-electron chi connectivity index (χ4n) is 2.02. The van der Waals surface area contributed by atoms with Crippen LogP contribution >= 0.6 is 0 Å². The molecule has 1 aromatic rings. The van der Waals surface area contributed by atoms with E-state index in [1.165, 1.54) is 6.07 Å². The molecule has 0 aromatic heterocycles. The van der Waals surface area contributed by atoms with Gasteiger partial charge in [0.05, 0.1) is 12.2 Å². The first-order valence-corrected chi connectivity index (χ1v) is 6.62. The molecule has 0 spiro atoms. The molecule has 1 N–H and O–H groups in total. The van der Waals surface area contributed by atoms with Gasteiger partial charge in [0.15, 0.2) is 11.6 Å². The van der Waals surface area contributed by atoms with Crippen LogP contribution in [-0.4, -0.2) is 25.4 Å². The van der Waals surface area contributed by atoms with Crippen LogP contribution in [0.25, 0.3) is 0 Å². The van der Waals surface area contributed by atoms with Gasteiger partial charge in [-0.2, -0.15) is 0 Å². The Labute approximate surface area is 115 Å². The molecule has 0 heterocycles. The Hall–Kier alpha value is -1.29. The van der Waals surface area contributed by atoms with Crippen LogP contribution in [-0.2, 0) is 4.74 Å². The van der Waals surface area contributed by atoms with E-state index < -0.39 is 0 Å². The Balaban J connectivity index is 2.65. The van der Waals surface area contributed by atoms with Crippen LogP contribution in [0.15, 0.2) is 18.2 Å². The average Bonchev–Trinajstić information content (AvgIpc) is 2.32. The van der Waals surface area contributed by atoms with Crippen LogP contribution in [0.1, 0.15) is 34.1 Å². The second-order valence-electron chi connectivity index (χ2n) is 5.29. The third-order valence-corrected chi connectivity index (χ3v) is 3.00. The van der Waals surface area contributed by atoms with E-state index in [4.69, 9.17) is 9.47 Å². The molecule has 1 unspecified atom stereocenters. The monoisotopic (exact) mass is 269 g/mol. The van der Waals surface area contributed by atoms with Crippen molar-refractivity contribution in [3.63, 3.8) is 0 Å². The molecule has 1 atom stereocenters. The second-order valence-corrected chi connectivity index (χ2v) is 5.29. The zero-order valence-electron chi connectivity index (χ0n) is 12.4. The van der Waals surface area contributed by atoms with Gasteiger partial charge in [0, 0.05) is 24.9 Å². The van der Waals surface area contributed by atoms with E-state index in [2.05, 4.69) is 12.2 Å². The lowest BCUT2D eigenvalue weighted by molar-refractivity contribution is 0.0128. The molecule has 0 amide bonds. The highest BCUT2D eigenvalue weighted by molar-refractivity contribution is 5.47. The van der Waals surface area contributed by atoms with Crippen LogP contribution in [0.4, 0.5) is 10.1 Å². The zero-order valence-corrected chi connectivity index (χ0v) is 12.4. The summed E-state index contributed by atoms with van der Waals surface area (Å²) in [5, 5.41) is 3.27. The third kappa shape index (κ3) is 5.07. The minimum atomic E-state index is -0.343. The Kier molecular flexibility index (Phi) is 5.60. The van der Waals surface area contributed by atoms with Crippen molar-refractivity contribution in [3.05, 3.63) is 24.0 Å². The van der Waals surface area contributed by atoms with Gasteiger partial charge < -0.3 is 14.8 Å². The lowest BCUT2D eigenvalue weighted by atomic mass is 10.00. The van der Waals surface area contributed by atoms with Crippen molar-refractivity contribution in [2.24, 2.45) is 0 Å². The summed E-state index contributed by atoms with van der Waals surface area (Å²) in [6.45, 7) is 8.41. The maximum atomic E-state index is 13.7. The maximum absolute atomic E-state index is 13.7. The molecule has 1 aromatic carbocycles. The van der Waals surface area contributed by atoms with Crippen LogP contribution in [0.3, 0.4) is 0 Å². The van der Waals surface area contributed by atoms with Gasteiger partial charge in [0.1, 0.15) is 0 Å². The van der Waals surface area contributed by atoms with Crippen molar-refractivity contribution in [2.75, 3.05) is 19.0 Å². The normalized spacial score (nSPS) is 13.2. The number of ether oxygens (including phenoxy) is 2. The summed E-state index contributed by atoms with van der Waals surface area (Å²) in [5.41, 5.74) is 0.552. The number of rotatable bonds is 7. The molecule has 4 heteroatoms. The highest BCUT2D eigenvalue weighted by atomic mass is 19.1. The highest BCUT2D eigenvalue weighted by Crippen LogP contribution is 2.23. The summed E-state index contributed by atoms with van der Waals surface area (Å²) < 4.78 is 24.3. The molecule has 1 rings (SSSR count). The van der Waals surface area contributed by atoms with E-state index >= 15 is 0 Å². The van der Waals surface area contributed by atoms with Crippen molar-refractivity contribution in [2.45, 2.75) is 45.8 Å². The summed E-state index contributed by atoms with van der Waals surface area (Å²) in [4.78, 5) is 0. The lowest BCUT2D eigenvalue weighted by Gasteiger charge is -2.27. The summed E-state index contributed by atoms with van der Waals surface area (Å²) in [6.07, 6.45) is 0.832. The summed E-state index contributed by atoms with van der Waals surface area (Å²) >= 11 is 0. The molecular formula is C15H24FNO2. The van der Waals surface area contributed by atoms with Gasteiger partial charge in [-0.15, -0.1) is 0 Å². The molecular weight excluding hydrogens is 245 g/mol. The topological polar surface area (TPSA) is 30.5 Å². The number of hydrogen-bond donors (Lipinski definition) is 1. The van der Waals surface area contributed by atoms with Gasteiger partial charge in [-0.3, -0.25) is 0 Å². The van der Waals surface area contributed by atoms with E-state index in [-0.39, 0.29) is 23.2 Å². The van der Waals surface area contributed by atoms with Gasteiger partial charge in [-0.1, -0.05) is 0 Å². The predicted molar refractivity (Wildman–Crippen MR) is 76.4 cm³/mol. The fourth-order valence-corrected chi connectivity index (χ4v) is 2.02. The third-order valence-electron chi connectivity index (χ3n) is 3.00. The number of anilines is 1. The number of benzene rings is 1. The van der Waals surface area contributed by atoms with Crippen molar-refractivity contribution in [1.82, 2.24) is 0 Å². The maximum Gasteiger partial charge on any atom is 0.167 e. The molecule has 108 valence electrons. The SMILES string of the molecule is CCOc1ccc(NC(C)CC(C)(C)OC)cc1F. The number of hydrogen-bond acceptors (Lipinski definition) is 3. The summed E-state index contributed by atoms with van der Waals surface area (Å²) in [5.74, 6) is -0.0528. The number of halogens is 1.